The summed E-state index contributed by atoms with van der Waals surface area (Å²) in [5.41, 5.74) is 0.407. The van der Waals surface area contributed by atoms with Crippen LogP contribution in [0, 0.1) is 11.3 Å². The maximum atomic E-state index is 5.64. The zero-order chi connectivity index (χ0) is 13.0. The van der Waals surface area contributed by atoms with Gasteiger partial charge in [-0.3, -0.25) is 0 Å². The van der Waals surface area contributed by atoms with Crippen LogP contribution in [0.1, 0.15) is 51.8 Å². The van der Waals surface area contributed by atoms with Gasteiger partial charge in [-0.2, -0.15) is 0 Å². The van der Waals surface area contributed by atoms with Crippen LogP contribution < -0.4 is 5.32 Å². The summed E-state index contributed by atoms with van der Waals surface area (Å²) >= 11 is 5.64. The van der Waals surface area contributed by atoms with Crippen LogP contribution in [-0.4, -0.2) is 16.7 Å². The van der Waals surface area contributed by atoms with Crippen molar-refractivity contribution in [3.05, 3.63) is 5.89 Å². The highest BCUT2D eigenvalue weighted by molar-refractivity contribution is 6.16. The van der Waals surface area contributed by atoms with Crippen LogP contribution in [0.3, 0.4) is 0 Å². The fourth-order valence-electron chi connectivity index (χ4n) is 3.09. The maximum Gasteiger partial charge on any atom is 0.315 e. The van der Waals surface area contributed by atoms with Gasteiger partial charge in [-0.1, -0.05) is 31.8 Å². The van der Waals surface area contributed by atoms with E-state index in [9.17, 15) is 0 Å². The predicted octanol–water partition coefficient (Wildman–Crippen LogP) is 3.83. The molecule has 102 valence electrons. The van der Waals surface area contributed by atoms with E-state index < -0.39 is 0 Å². The molecule has 4 nitrogen and oxygen atoms in total. The fraction of sp³-hybridized carbons (Fsp3) is 0.846. The smallest absolute Gasteiger partial charge is 0.315 e. The molecule has 1 saturated carbocycles. The van der Waals surface area contributed by atoms with E-state index in [1.54, 1.807) is 0 Å². The normalized spacial score (nSPS) is 18.4. The molecule has 0 unspecified atom stereocenters. The van der Waals surface area contributed by atoms with E-state index >= 15 is 0 Å². The Morgan fingerprint density at radius 2 is 2.06 bits per heavy atom. The highest BCUT2D eigenvalue weighted by Crippen LogP contribution is 2.43. The molecule has 1 fully saturated rings. The SMILES string of the molecule is CC(C)CC1(CNc2nnc(CCl)o2)CCCC1. The molecule has 2 rings (SSSR count). The molecule has 0 amide bonds. The van der Waals surface area contributed by atoms with Crippen molar-refractivity contribution in [1.82, 2.24) is 10.2 Å². The Labute approximate surface area is 113 Å². The van der Waals surface area contributed by atoms with Crippen molar-refractivity contribution in [3.63, 3.8) is 0 Å². The van der Waals surface area contributed by atoms with Gasteiger partial charge >= 0.3 is 6.01 Å². The van der Waals surface area contributed by atoms with E-state index in [-0.39, 0.29) is 5.88 Å². The Morgan fingerprint density at radius 1 is 1.33 bits per heavy atom. The summed E-state index contributed by atoms with van der Waals surface area (Å²) < 4.78 is 5.38. The molecule has 18 heavy (non-hydrogen) atoms. The highest BCUT2D eigenvalue weighted by Gasteiger charge is 2.34. The first kappa shape index (κ1) is 13.7. The number of alkyl halides is 1. The third kappa shape index (κ3) is 3.37. The van der Waals surface area contributed by atoms with E-state index in [0.717, 1.165) is 12.5 Å². The van der Waals surface area contributed by atoms with Crippen LogP contribution in [0.2, 0.25) is 0 Å². The van der Waals surface area contributed by atoms with E-state index in [0.29, 0.717) is 17.3 Å². The lowest BCUT2D eigenvalue weighted by atomic mass is 9.78. The summed E-state index contributed by atoms with van der Waals surface area (Å²) in [6, 6.07) is 0.501. The van der Waals surface area contributed by atoms with Gasteiger partial charge in [-0.05, 0) is 30.6 Å². The molecule has 0 spiro atoms. The van der Waals surface area contributed by atoms with Crippen molar-refractivity contribution in [2.24, 2.45) is 11.3 Å². The third-order valence-corrected chi connectivity index (χ3v) is 3.93. The average Bonchev–Trinajstić information content (AvgIpc) is 2.95. The molecule has 1 aromatic heterocycles. The van der Waals surface area contributed by atoms with E-state index in [1.807, 2.05) is 0 Å². The topological polar surface area (TPSA) is 51.0 Å². The van der Waals surface area contributed by atoms with Crippen molar-refractivity contribution in [2.75, 3.05) is 11.9 Å². The van der Waals surface area contributed by atoms with Crippen LogP contribution in [0.25, 0.3) is 0 Å². The second kappa shape index (κ2) is 5.91. The monoisotopic (exact) mass is 271 g/mol. The Morgan fingerprint density at radius 3 is 2.61 bits per heavy atom. The molecule has 5 heteroatoms. The lowest BCUT2D eigenvalue weighted by Crippen LogP contribution is -2.28. The molecule has 0 radical (unpaired) electrons. The predicted molar refractivity (Wildman–Crippen MR) is 72.7 cm³/mol. The van der Waals surface area contributed by atoms with Gasteiger partial charge in [0, 0.05) is 6.54 Å². The minimum Gasteiger partial charge on any atom is -0.407 e. The number of hydrogen-bond acceptors (Lipinski definition) is 4. The number of halogens is 1. The molecule has 1 heterocycles. The van der Waals surface area contributed by atoms with Gasteiger partial charge in [0.25, 0.3) is 0 Å². The van der Waals surface area contributed by atoms with Crippen molar-refractivity contribution in [3.8, 4) is 0 Å². The summed E-state index contributed by atoms with van der Waals surface area (Å²) in [5.74, 6) is 1.47. The Balaban J connectivity index is 1.93. The lowest BCUT2D eigenvalue weighted by molar-refractivity contribution is 0.250. The van der Waals surface area contributed by atoms with Crippen molar-refractivity contribution in [2.45, 2.75) is 51.8 Å². The van der Waals surface area contributed by atoms with Crippen LogP contribution in [0.5, 0.6) is 0 Å². The summed E-state index contributed by atoms with van der Waals surface area (Å²) in [6.07, 6.45) is 6.54. The number of nitrogens with zero attached hydrogens (tertiary/aromatic N) is 2. The van der Waals surface area contributed by atoms with E-state index in [1.165, 1.54) is 32.1 Å². The van der Waals surface area contributed by atoms with E-state index in [2.05, 4.69) is 29.4 Å². The molecule has 0 aromatic carbocycles. The van der Waals surface area contributed by atoms with Crippen LogP contribution in [-0.2, 0) is 5.88 Å². The molecular formula is C13H22ClN3O. The minimum absolute atomic E-state index is 0.270. The molecule has 1 aromatic rings. The van der Waals surface area contributed by atoms with Gasteiger partial charge in [-0.25, -0.2) is 0 Å². The zero-order valence-corrected chi connectivity index (χ0v) is 12.0. The minimum atomic E-state index is 0.270. The molecular weight excluding hydrogens is 250 g/mol. The van der Waals surface area contributed by atoms with Gasteiger partial charge in [0.15, 0.2) is 0 Å². The van der Waals surface area contributed by atoms with E-state index in [4.69, 9.17) is 16.0 Å². The van der Waals surface area contributed by atoms with Crippen molar-refractivity contribution >= 4 is 17.6 Å². The standard InChI is InChI=1S/C13H22ClN3O/c1-10(2)7-13(5-3-4-6-13)9-15-12-17-16-11(8-14)18-12/h10H,3-9H2,1-2H3,(H,15,17). The average molecular weight is 272 g/mol. The first-order chi connectivity index (χ1) is 8.63. The van der Waals surface area contributed by atoms with Crippen LogP contribution >= 0.6 is 11.6 Å². The number of nitrogens with one attached hydrogen (secondary N) is 1. The second-order valence-electron chi connectivity index (χ2n) is 5.79. The van der Waals surface area contributed by atoms with Gasteiger partial charge in [0.05, 0.1) is 0 Å². The molecule has 0 bridgehead atoms. The molecule has 1 N–H and O–H groups in total. The van der Waals surface area contributed by atoms with Crippen molar-refractivity contribution in [1.29, 1.82) is 0 Å². The number of hydrogen-bond donors (Lipinski definition) is 1. The van der Waals surface area contributed by atoms with Gasteiger partial charge in [0.1, 0.15) is 5.88 Å². The Kier molecular flexibility index (Phi) is 4.49. The fourth-order valence-corrected chi connectivity index (χ4v) is 3.19. The molecule has 1 aliphatic rings. The maximum absolute atomic E-state index is 5.64. The molecule has 0 aliphatic heterocycles. The largest absolute Gasteiger partial charge is 0.407 e. The molecule has 0 saturated heterocycles. The number of anilines is 1. The number of aromatic nitrogens is 2. The number of rotatable bonds is 6. The van der Waals surface area contributed by atoms with Crippen molar-refractivity contribution < 1.29 is 4.42 Å². The summed E-state index contributed by atoms with van der Waals surface area (Å²) in [6.45, 7) is 5.51. The Bertz CT molecular complexity index is 372. The third-order valence-electron chi connectivity index (χ3n) is 3.70. The summed E-state index contributed by atoms with van der Waals surface area (Å²) in [5, 5.41) is 11.1. The summed E-state index contributed by atoms with van der Waals surface area (Å²) in [7, 11) is 0. The van der Waals surface area contributed by atoms with Crippen LogP contribution in [0.15, 0.2) is 4.42 Å². The Hall–Kier alpha value is -0.770. The van der Waals surface area contributed by atoms with Gasteiger partial charge in [0.2, 0.25) is 5.89 Å². The highest BCUT2D eigenvalue weighted by atomic mass is 35.5. The second-order valence-corrected chi connectivity index (χ2v) is 6.06. The van der Waals surface area contributed by atoms with Gasteiger partial charge < -0.3 is 9.73 Å². The lowest BCUT2D eigenvalue weighted by Gasteiger charge is -2.30. The molecule has 0 atom stereocenters. The quantitative estimate of drug-likeness (QED) is 0.799. The molecule has 1 aliphatic carbocycles. The first-order valence-corrected chi connectivity index (χ1v) is 7.29. The zero-order valence-electron chi connectivity index (χ0n) is 11.2. The van der Waals surface area contributed by atoms with Crippen LogP contribution in [0.4, 0.5) is 6.01 Å². The van der Waals surface area contributed by atoms with Gasteiger partial charge in [-0.15, -0.1) is 16.7 Å². The first-order valence-electron chi connectivity index (χ1n) is 6.76. The summed E-state index contributed by atoms with van der Waals surface area (Å²) in [4.78, 5) is 0.